The van der Waals surface area contributed by atoms with Crippen LogP contribution in [0.25, 0.3) is 16.5 Å². The van der Waals surface area contributed by atoms with Gasteiger partial charge in [0, 0.05) is 32.3 Å². The van der Waals surface area contributed by atoms with Crippen LogP contribution in [0.4, 0.5) is 11.4 Å². The second-order valence-electron chi connectivity index (χ2n) is 17.8. The fourth-order valence-electron chi connectivity index (χ4n) is 7.84. The van der Waals surface area contributed by atoms with E-state index in [2.05, 4.69) is 74.5 Å². The number of hydrogen-bond acceptors (Lipinski definition) is 9. The molecule has 0 saturated heterocycles. The summed E-state index contributed by atoms with van der Waals surface area (Å²) in [5, 5.41) is 24.9. The van der Waals surface area contributed by atoms with Crippen LogP contribution in [0.5, 0.6) is 11.5 Å². The molecular weight excluding hydrogens is 902 g/mol. The third kappa shape index (κ3) is 10.1. The molecule has 2 unspecified atom stereocenters. The number of hydrazone groups is 1. The van der Waals surface area contributed by atoms with E-state index in [1.54, 1.807) is 47.1 Å². The van der Waals surface area contributed by atoms with E-state index in [9.17, 15) is 9.59 Å². The van der Waals surface area contributed by atoms with Gasteiger partial charge in [0.05, 0.1) is 17.1 Å². The number of rotatable bonds is 17. The molecule has 1 aliphatic heterocycles. The number of amides is 2. The summed E-state index contributed by atoms with van der Waals surface area (Å²) >= 11 is 14.4. The minimum Gasteiger partial charge on any atom is -0.480 e. The third-order valence-corrected chi connectivity index (χ3v) is 14.1. The van der Waals surface area contributed by atoms with Crippen molar-refractivity contribution in [3.05, 3.63) is 160 Å². The predicted molar refractivity (Wildman–Crippen MR) is 270 cm³/mol. The number of para-hydroxylation sites is 1. The number of tetrazole rings is 1. The highest BCUT2D eigenvalue weighted by Gasteiger charge is 2.41. The quantitative estimate of drug-likeness (QED) is 0.0895. The first-order chi connectivity index (χ1) is 32.2. The number of fused-ring (bicyclic) bond motifs is 1. The molecule has 2 amide bonds. The normalized spacial score (nSPS) is 14.6. The standard InChI is InChI=1S/C53H53Cl2N7O4S/c1-8-44(65-46-29-23-35(52(4,5)9-2)30-41(46)53(6,7)10-3)49(63)56-42-31-37(55)26-27-43(42)62-50(64)48(47(58-62)33-20-24-36(54)25-21-33)66-45-28-22-34(39-18-14-15-19-40(39)45)32-67-51-57-59-60-61(51)38-16-12-11-13-17-38/h11-31,44,48H,8-10,32H2,1-7H3,(H,56,63). The number of carbonyl (C=O) groups is 2. The van der Waals surface area contributed by atoms with E-state index in [1.807, 2.05) is 79.7 Å². The van der Waals surface area contributed by atoms with Gasteiger partial charge in [-0.2, -0.15) is 14.8 Å². The summed E-state index contributed by atoms with van der Waals surface area (Å²) in [5.74, 6) is 0.852. The Morgan fingerprint density at radius 2 is 1.48 bits per heavy atom. The molecule has 67 heavy (non-hydrogen) atoms. The van der Waals surface area contributed by atoms with Crippen molar-refractivity contribution in [2.75, 3.05) is 10.3 Å². The average Bonchev–Trinajstić information content (AvgIpc) is 3.94. The van der Waals surface area contributed by atoms with Crippen LogP contribution >= 0.6 is 35.0 Å². The summed E-state index contributed by atoms with van der Waals surface area (Å²) < 4.78 is 15.1. The fraction of sp³-hybridized carbons (Fsp3) is 0.283. The van der Waals surface area contributed by atoms with Gasteiger partial charge in [0.2, 0.25) is 11.3 Å². The molecule has 14 heteroatoms. The number of nitrogens with one attached hydrogen (secondary N) is 1. The molecule has 1 N–H and O–H groups in total. The first-order valence-corrected chi connectivity index (χ1v) is 24.2. The van der Waals surface area contributed by atoms with Gasteiger partial charge in [0.15, 0.2) is 6.10 Å². The number of benzene rings is 6. The number of thioether (sulfide) groups is 1. The first-order valence-electron chi connectivity index (χ1n) is 22.5. The van der Waals surface area contributed by atoms with Crippen molar-refractivity contribution in [2.24, 2.45) is 5.10 Å². The Labute approximate surface area is 405 Å². The summed E-state index contributed by atoms with van der Waals surface area (Å²) in [7, 11) is 0. The van der Waals surface area contributed by atoms with Crippen molar-refractivity contribution >= 4 is 74.6 Å². The molecule has 2 atom stereocenters. The molecule has 7 aromatic rings. The molecular formula is C53H53Cl2N7O4S. The number of nitrogens with zero attached hydrogens (tertiary/aromatic N) is 6. The number of hydrogen-bond donors (Lipinski definition) is 1. The molecule has 8 rings (SSSR count). The molecule has 2 heterocycles. The zero-order valence-electron chi connectivity index (χ0n) is 38.6. The Hall–Kier alpha value is -6.21. The Morgan fingerprint density at radius 3 is 2.19 bits per heavy atom. The van der Waals surface area contributed by atoms with Crippen molar-refractivity contribution < 1.29 is 19.1 Å². The predicted octanol–water partition coefficient (Wildman–Crippen LogP) is 12.8. The monoisotopic (exact) mass is 953 g/mol. The highest BCUT2D eigenvalue weighted by atomic mass is 35.5. The van der Waals surface area contributed by atoms with Crippen LogP contribution in [0.2, 0.25) is 10.0 Å². The van der Waals surface area contributed by atoms with E-state index in [0.717, 1.165) is 40.4 Å². The molecule has 0 saturated carbocycles. The van der Waals surface area contributed by atoms with Crippen LogP contribution in [-0.4, -0.2) is 49.9 Å². The lowest BCUT2D eigenvalue weighted by Crippen LogP contribution is -2.38. The van der Waals surface area contributed by atoms with E-state index in [4.69, 9.17) is 37.8 Å². The molecule has 0 radical (unpaired) electrons. The van der Waals surface area contributed by atoms with Gasteiger partial charge in [-0.25, -0.2) is 0 Å². The Morgan fingerprint density at radius 1 is 0.791 bits per heavy atom. The van der Waals surface area contributed by atoms with Crippen molar-refractivity contribution in [2.45, 2.75) is 102 Å². The zero-order valence-corrected chi connectivity index (χ0v) is 40.9. The third-order valence-electron chi connectivity index (χ3n) is 12.7. The van der Waals surface area contributed by atoms with E-state index >= 15 is 0 Å². The summed E-state index contributed by atoms with van der Waals surface area (Å²) in [6.07, 6.45) is 0.193. The molecule has 1 aliphatic rings. The number of aromatic nitrogens is 4. The van der Waals surface area contributed by atoms with Gasteiger partial charge < -0.3 is 14.8 Å². The first kappa shape index (κ1) is 47.3. The minimum atomic E-state index is -1.17. The molecule has 1 aromatic heterocycles. The number of carbonyl (C=O) groups excluding carboxylic acids is 2. The summed E-state index contributed by atoms with van der Waals surface area (Å²) in [6.45, 7) is 15.1. The van der Waals surface area contributed by atoms with Crippen LogP contribution < -0.4 is 19.8 Å². The maximum absolute atomic E-state index is 14.8. The molecule has 344 valence electrons. The minimum absolute atomic E-state index is 0.0295. The molecule has 0 aliphatic carbocycles. The van der Waals surface area contributed by atoms with Crippen LogP contribution in [-0.2, 0) is 26.2 Å². The van der Waals surface area contributed by atoms with Crippen LogP contribution in [0, 0.1) is 0 Å². The summed E-state index contributed by atoms with van der Waals surface area (Å²) in [4.78, 5) is 29.2. The molecule has 6 aromatic carbocycles. The molecule has 11 nitrogen and oxygen atoms in total. The summed E-state index contributed by atoms with van der Waals surface area (Å²) in [5.41, 5.74) is 5.51. The van der Waals surface area contributed by atoms with E-state index < -0.39 is 24.0 Å². The topological polar surface area (TPSA) is 124 Å². The van der Waals surface area contributed by atoms with Crippen molar-refractivity contribution in [3.63, 3.8) is 0 Å². The lowest BCUT2D eigenvalue weighted by molar-refractivity contribution is -0.123. The number of anilines is 2. The maximum Gasteiger partial charge on any atom is 0.294 e. The van der Waals surface area contributed by atoms with Gasteiger partial charge in [0.1, 0.15) is 17.2 Å². The van der Waals surface area contributed by atoms with Gasteiger partial charge >= 0.3 is 0 Å². The molecule has 0 bridgehead atoms. The maximum atomic E-state index is 14.8. The van der Waals surface area contributed by atoms with Gasteiger partial charge in [-0.15, -0.1) is 5.10 Å². The van der Waals surface area contributed by atoms with Gasteiger partial charge in [0.25, 0.3) is 11.8 Å². The highest BCUT2D eigenvalue weighted by molar-refractivity contribution is 7.98. The van der Waals surface area contributed by atoms with E-state index in [-0.39, 0.29) is 16.5 Å². The fourth-order valence-corrected chi connectivity index (χ4v) is 9.03. The zero-order chi connectivity index (χ0) is 47.5. The second kappa shape index (κ2) is 19.9. The van der Waals surface area contributed by atoms with E-state index in [1.165, 1.54) is 22.3 Å². The lowest BCUT2D eigenvalue weighted by Gasteiger charge is -2.31. The Kier molecular flexibility index (Phi) is 14.1. The number of ether oxygens (including phenoxy) is 2. The largest absolute Gasteiger partial charge is 0.480 e. The van der Waals surface area contributed by atoms with Crippen LogP contribution in [0.15, 0.2) is 138 Å². The second-order valence-corrected chi connectivity index (χ2v) is 19.6. The SMILES string of the molecule is CCC(Oc1ccc(C(C)(C)CC)cc1C(C)(C)CC)C(=O)Nc1cc(Cl)ccc1N1N=C(c2ccc(Cl)cc2)C(Oc2ccc(CSc3nnnn3-c3ccccc3)c3ccccc23)C1=O. The number of halogens is 2. The Balaban J connectivity index is 1.08. The van der Waals surface area contributed by atoms with Gasteiger partial charge in [-0.3, -0.25) is 9.59 Å². The van der Waals surface area contributed by atoms with Crippen LogP contribution in [0.1, 0.15) is 90.0 Å². The smallest absolute Gasteiger partial charge is 0.294 e. The summed E-state index contributed by atoms with van der Waals surface area (Å²) in [6, 6.07) is 39.8. The molecule has 0 fully saturated rings. The average molecular weight is 955 g/mol. The van der Waals surface area contributed by atoms with Crippen molar-refractivity contribution in [1.29, 1.82) is 0 Å². The van der Waals surface area contributed by atoms with Gasteiger partial charge in [-0.1, -0.05) is 156 Å². The lowest BCUT2D eigenvalue weighted by atomic mass is 9.76. The van der Waals surface area contributed by atoms with Crippen LogP contribution in [0.3, 0.4) is 0 Å². The highest BCUT2D eigenvalue weighted by Crippen LogP contribution is 2.41. The van der Waals surface area contributed by atoms with Crippen molar-refractivity contribution in [1.82, 2.24) is 20.2 Å². The molecule has 0 spiro atoms. The van der Waals surface area contributed by atoms with E-state index in [0.29, 0.717) is 55.8 Å². The van der Waals surface area contributed by atoms with Crippen molar-refractivity contribution in [3.8, 4) is 17.2 Å². The Bertz CT molecular complexity index is 2960. The van der Waals surface area contributed by atoms with Gasteiger partial charge in [-0.05, 0) is 112 Å².